The van der Waals surface area contributed by atoms with Gasteiger partial charge in [0.2, 0.25) is 0 Å². The first kappa shape index (κ1) is 17.1. The Kier molecular flexibility index (Phi) is 4.12. The van der Waals surface area contributed by atoms with Crippen LogP contribution in [-0.2, 0) is 23.6 Å². The molecule has 2 aliphatic rings. The van der Waals surface area contributed by atoms with Crippen molar-refractivity contribution in [3.63, 3.8) is 0 Å². The molecule has 1 aliphatic heterocycles. The highest BCUT2D eigenvalue weighted by molar-refractivity contribution is 6.33. The van der Waals surface area contributed by atoms with Gasteiger partial charge in [0, 0.05) is 27.4 Å². The molecule has 5 rings (SSSR count). The summed E-state index contributed by atoms with van der Waals surface area (Å²) in [5, 5.41) is 1.32. The monoisotopic (exact) mass is 397 g/mol. The number of pyridine rings is 1. The molecule has 0 spiro atoms. The van der Waals surface area contributed by atoms with Gasteiger partial charge in [-0.1, -0.05) is 41.4 Å². The average molecular weight is 398 g/mol. The fourth-order valence-electron chi connectivity index (χ4n) is 3.68. The van der Waals surface area contributed by atoms with E-state index in [0.29, 0.717) is 23.3 Å². The van der Waals surface area contributed by atoms with Crippen molar-refractivity contribution in [2.75, 3.05) is 0 Å². The number of ether oxygens (including phenoxy) is 2. The third kappa shape index (κ3) is 3.00. The van der Waals surface area contributed by atoms with Gasteiger partial charge in [0.1, 0.15) is 18.0 Å². The maximum Gasteiger partial charge on any atom is 0.127 e. The van der Waals surface area contributed by atoms with E-state index < -0.39 is 0 Å². The van der Waals surface area contributed by atoms with Crippen LogP contribution in [0, 0.1) is 0 Å². The van der Waals surface area contributed by atoms with Gasteiger partial charge >= 0.3 is 0 Å². The summed E-state index contributed by atoms with van der Waals surface area (Å²) in [7, 11) is 0. The standard InChI is InChI=1S/C22H17Cl2NO2/c23-15-5-6-19(24)14(11-15)12-27-22(8-9-22)21-18-13-26-20-4-2-1-3-17(20)16(18)7-10-25-21/h1-7,10-11H,8-9,12-13H2. The molecule has 136 valence electrons. The molecular formula is C22H17Cl2NO2. The molecule has 5 heteroatoms. The van der Waals surface area contributed by atoms with Gasteiger partial charge in [-0.05, 0) is 54.3 Å². The van der Waals surface area contributed by atoms with Gasteiger partial charge < -0.3 is 9.47 Å². The SMILES string of the molecule is Clc1ccc(Cl)c(COC2(c3nccc4c3COc3ccccc3-4)CC2)c1. The topological polar surface area (TPSA) is 31.4 Å². The third-order valence-electron chi connectivity index (χ3n) is 5.25. The summed E-state index contributed by atoms with van der Waals surface area (Å²) in [6, 6.07) is 15.6. The Morgan fingerprint density at radius 2 is 1.89 bits per heavy atom. The number of hydrogen-bond acceptors (Lipinski definition) is 3. The molecule has 0 amide bonds. The van der Waals surface area contributed by atoms with Crippen molar-refractivity contribution in [3.05, 3.63) is 81.6 Å². The molecule has 27 heavy (non-hydrogen) atoms. The van der Waals surface area contributed by atoms with Crippen LogP contribution in [0.5, 0.6) is 5.75 Å². The Morgan fingerprint density at radius 3 is 2.74 bits per heavy atom. The lowest BCUT2D eigenvalue weighted by atomic mass is 9.94. The molecule has 1 aromatic heterocycles. The lowest BCUT2D eigenvalue weighted by Gasteiger charge is -2.26. The van der Waals surface area contributed by atoms with Gasteiger partial charge in [0.25, 0.3) is 0 Å². The quantitative estimate of drug-likeness (QED) is 0.528. The Balaban J connectivity index is 1.48. The summed E-state index contributed by atoms with van der Waals surface area (Å²) in [4.78, 5) is 4.69. The molecule has 1 saturated carbocycles. The molecule has 0 saturated heterocycles. The normalized spacial score (nSPS) is 16.2. The van der Waals surface area contributed by atoms with E-state index in [0.717, 1.165) is 41.0 Å². The van der Waals surface area contributed by atoms with Gasteiger partial charge in [-0.3, -0.25) is 4.98 Å². The molecule has 0 N–H and O–H groups in total. The fraction of sp³-hybridized carbons (Fsp3) is 0.227. The minimum Gasteiger partial charge on any atom is -0.488 e. The van der Waals surface area contributed by atoms with Crippen LogP contribution in [0.2, 0.25) is 10.0 Å². The molecule has 3 aromatic rings. The zero-order chi connectivity index (χ0) is 18.4. The van der Waals surface area contributed by atoms with E-state index in [1.165, 1.54) is 5.56 Å². The molecule has 0 radical (unpaired) electrons. The maximum atomic E-state index is 6.34. The van der Waals surface area contributed by atoms with Crippen LogP contribution in [0.25, 0.3) is 11.1 Å². The second-order valence-corrected chi connectivity index (χ2v) is 7.83. The molecule has 0 atom stereocenters. The summed E-state index contributed by atoms with van der Waals surface area (Å²) < 4.78 is 12.3. The summed E-state index contributed by atoms with van der Waals surface area (Å²) in [5.41, 5.74) is 4.90. The van der Waals surface area contributed by atoms with E-state index in [2.05, 4.69) is 17.1 Å². The van der Waals surface area contributed by atoms with Crippen molar-refractivity contribution in [1.82, 2.24) is 4.98 Å². The zero-order valence-electron chi connectivity index (χ0n) is 14.5. The third-order valence-corrected chi connectivity index (χ3v) is 5.86. The van der Waals surface area contributed by atoms with E-state index in [1.807, 2.05) is 30.5 Å². The minimum atomic E-state index is -0.368. The minimum absolute atomic E-state index is 0.368. The Morgan fingerprint density at radius 1 is 1.04 bits per heavy atom. The number of halogens is 2. The molecule has 2 aromatic carbocycles. The molecule has 2 heterocycles. The summed E-state index contributed by atoms with van der Waals surface area (Å²) in [6.07, 6.45) is 3.75. The molecule has 1 fully saturated rings. The van der Waals surface area contributed by atoms with Crippen LogP contribution in [0.3, 0.4) is 0 Å². The number of benzene rings is 2. The van der Waals surface area contributed by atoms with Crippen LogP contribution < -0.4 is 4.74 Å². The summed E-state index contributed by atoms with van der Waals surface area (Å²) in [6.45, 7) is 0.917. The van der Waals surface area contributed by atoms with E-state index in [9.17, 15) is 0 Å². The van der Waals surface area contributed by atoms with Crippen LogP contribution in [0.1, 0.15) is 29.7 Å². The highest BCUT2D eigenvalue weighted by atomic mass is 35.5. The lowest BCUT2D eigenvalue weighted by molar-refractivity contribution is 0.0130. The van der Waals surface area contributed by atoms with Crippen LogP contribution in [-0.4, -0.2) is 4.98 Å². The number of fused-ring (bicyclic) bond motifs is 3. The second kappa shape index (κ2) is 6.52. The molecule has 1 aliphatic carbocycles. The van der Waals surface area contributed by atoms with Gasteiger partial charge in [-0.25, -0.2) is 0 Å². The van der Waals surface area contributed by atoms with Gasteiger partial charge in [0.15, 0.2) is 0 Å². The lowest BCUT2D eigenvalue weighted by Crippen LogP contribution is -2.20. The molecular weight excluding hydrogens is 381 g/mol. The van der Waals surface area contributed by atoms with Crippen LogP contribution in [0.4, 0.5) is 0 Å². The van der Waals surface area contributed by atoms with Crippen molar-refractivity contribution in [3.8, 4) is 16.9 Å². The van der Waals surface area contributed by atoms with Crippen LogP contribution in [0.15, 0.2) is 54.7 Å². The highest BCUT2D eigenvalue weighted by Crippen LogP contribution is 2.52. The first-order chi connectivity index (χ1) is 13.2. The fourth-order valence-corrected chi connectivity index (χ4v) is 4.05. The molecule has 0 bridgehead atoms. The highest BCUT2D eigenvalue weighted by Gasteiger charge is 2.49. The van der Waals surface area contributed by atoms with E-state index in [-0.39, 0.29) is 5.60 Å². The maximum absolute atomic E-state index is 6.34. The van der Waals surface area contributed by atoms with Gasteiger partial charge in [-0.2, -0.15) is 0 Å². The van der Waals surface area contributed by atoms with Crippen molar-refractivity contribution in [2.24, 2.45) is 0 Å². The number of aromatic nitrogens is 1. The number of para-hydroxylation sites is 1. The first-order valence-electron chi connectivity index (χ1n) is 8.95. The number of nitrogens with zero attached hydrogens (tertiary/aromatic N) is 1. The largest absolute Gasteiger partial charge is 0.488 e. The van der Waals surface area contributed by atoms with Crippen LogP contribution >= 0.6 is 23.2 Å². The van der Waals surface area contributed by atoms with Gasteiger partial charge in [0.05, 0.1) is 12.3 Å². The van der Waals surface area contributed by atoms with E-state index >= 15 is 0 Å². The molecule has 0 unspecified atom stereocenters. The van der Waals surface area contributed by atoms with Crippen molar-refractivity contribution < 1.29 is 9.47 Å². The smallest absolute Gasteiger partial charge is 0.127 e. The zero-order valence-corrected chi connectivity index (χ0v) is 16.1. The van der Waals surface area contributed by atoms with E-state index in [4.69, 9.17) is 32.7 Å². The number of rotatable bonds is 4. The second-order valence-electron chi connectivity index (χ2n) is 6.99. The average Bonchev–Trinajstić information content (AvgIpc) is 3.49. The number of hydrogen-bond donors (Lipinski definition) is 0. The predicted molar refractivity (Wildman–Crippen MR) is 106 cm³/mol. The molecule has 3 nitrogen and oxygen atoms in total. The van der Waals surface area contributed by atoms with Crippen molar-refractivity contribution >= 4 is 23.2 Å². The first-order valence-corrected chi connectivity index (χ1v) is 9.70. The predicted octanol–water partition coefficient (Wildman–Crippen LogP) is 6.15. The van der Waals surface area contributed by atoms with E-state index in [1.54, 1.807) is 12.1 Å². The summed E-state index contributed by atoms with van der Waals surface area (Å²) >= 11 is 12.4. The van der Waals surface area contributed by atoms with Crippen molar-refractivity contribution in [1.29, 1.82) is 0 Å². The Bertz CT molecular complexity index is 1030. The Labute approximate surface area is 167 Å². The Hall–Kier alpha value is -2.07. The van der Waals surface area contributed by atoms with Crippen molar-refractivity contribution in [2.45, 2.75) is 31.7 Å². The summed E-state index contributed by atoms with van der Waals surface area (Å²) in [5.74, 6) is 0.915. The van der Waals surface area contributed by atoms with Gasteiger partial charge in [-0.15, -0.1) is 0 Å².